The molecule has 0 bridgehead atoms. The van der Waals surface area contributed by atoms with Crippen LogP contribution in [0.25, 0.3) is 0 Å². The molecule has 0 spiro atoms. The van der Waals surface area contributed by atoms with Crippen LogP contribution in [0.5, 0.6) is 5.75 Å². The molecule has 1 aromatic carbocycles. The number of ketones is 1. The zero-order valence-corrected chi connectivity index (χ0v) is 16.4. The van der Waals surface area contributed by atoms with E-state index in [0.29, 0.717) is 35.8 Å². The smallest absolute Gasteiger partial charge is 0.139 e. The number of aromatic nitrogens is 1. The van der Waals surface area contributed by atoms with E-state index in [9.17, 15) is 9.90 Å². The van der Waals surface area contributed by atoms with Crippen LogP contribution in [0.15, 0.2) is 36.5 Å². The van der Waals surface area contributed by atoms with Crippen molar-refractivity contribution in [3.63, 3.8) is 0 Å². The number of benzene rings is 1. The summed E-state index contributed by atoms with van der Waals surface area (Å²) in [5, 5.41) is 13.9. The van der Waals surface area contributed by atoms with Gasteiger partial charge >= 0.3 is 0 Å². The number of pyridine rings is 1. The molecule has 1 heterocycles. The number of phenols is 1. The van der Waals surface area contributed by atoms with Crippen LogP contribution in [-0.2, 0) is 17.8 Å². The Labute approximate surface area is 166 Å². The first-order valence-electron chi connectivity index (χ1n) is 10.6. The van der Waals surface area contributed by atoms with Crippen LogP contribution >= 0.6 is 0 Å². The summed E-state index contributed by atoms with van der Waals surface area (Å²) in [6.45, 7) is 2.78. The molecule has 3 aliphatic rings. The Hall–Kier alpha value is -2.36. The number of Topliss-reactive ketones (excluding diaryl/α,β-unsaturated/α-hetero) is 1. The van der Waals surface area contributed by atoms with Crippen molar-refractivity contribution in [2.75, 3.05) is 5.32 Å². The normalized spacial score (nSPS) is 31.0. The lowest BCUT2D eigenvalue weighted by atomic mass is 9.55. The van der Waals surface area contributed by atoms with Crippen molar-refractivity contribution in [2.45, 2.75) is 57.9 Å². The molecule has 146 valence electrons. The number of hydrogen-bond donors (Lipinski definition) is 2. The maximum Gasteiger partial charge on any atom is 0.139 e. The highest BCUT2D eigenvalue weighted by Gasteiger charge is 2.54. The maximum atomic E-state index is 12.5. The molecule has 4 nitrogen and oxygen atoms in total. The summed E-state index contributed by atoms with van der Waals surface area (Å²) in [6, 6.07) is 9.98. The van der Waals surface area contributed by atoms with E-state index in [1.807, 2.05) is 24.3 Å². The summed E-state index contributed by atoms with van der Waals surface area (Å²) in [7, 11) is 0. The number of carbonyl (C=O) groups is 1. The van der Waals surface area contributed by atoms with E-state index < -0.39 is 0 Å². The minimum absolute atomic E-state index is 0.0844. The van der Waals surface area contributed by atoms with Gasteiger partial charge in [-0.3, -0.25) is 4.79 Å². The third-order valence-corrected chi connectivity index (χ3v) is 7.76. The Kier molecular flexibility index (Phi) is 4.18. The fourth-order valence-electron chi connectivity index (χ4n) is 6.22. The highest BCUT2D eigenvalue weighted by molar-refractivity contribution is 5.87. The van der Waals surface area contributed by atoms with Crippen molar-refractivity contribution in [3.05, 3.63) is 53.2 Å². The Balaban J connectivity index is 1.43. The van der Waals surface area contributed by atoms with Crippen LogP contribution in [0.3, 0.4) is 0 Å². The number of rotatable bonds is 3. The highest BCUT2D eigenvalue weighted by Crippen LogP contribution is 2.59. The Morgan fingerprint density at radius 2 is 2.11 bits per heavy atom. The van der Waals surface area contributed by atoms with Gasteiger partial charge in [-0.05, 0) is 85.3 Å². The molecule has 2 saturated carbocycles. The minimum Gasteiger partial charge on any atom is -0.508 e. The third kappa shape index (κ3) is 2.73. The van der Waals surface area contributed by atoms with Crippen molar-refractivity contribution in [2.24, 2.45) is 17.3 Å². The largest absolute Gasteiger partial charge is 0.508 e. The molecule has 0 amide bonds. The van der Waals surface area contributed by atoms with Gasteiger partial charge in [0.05, 0.1) is 0 Å². The molecule has 0 unspecified atom stereocenters. The van der Waals surface area contributed by atoms with Gasteiger partial charge in [-0.15, -0.1) is 0 Å². The molecular weight excluding hydrogens is 348 g/mol. The molecule has 3 aliphatic carbocycles. The van der Waals surface area contributed by atoms with Gasteiger partial charge in [0.1, 0.15) is 17.4 Å². The van der Waals surface area contributed by atoms with Crippen LogP contribution in [0, 0.1) is 17.3 Å². The number of carbonyl (C=O) groups excluding carboxylic acids is 1. The maximum absolute atomic E-state index is 12.5. The molecule has 1 aromatic heterocycles. The standard InChI is InChI=1S/C24H28N2O2/c1-24-10-9-17-18(20(24)7-8-22(24)28)6-5-15-13-21(27)16(12-19(15)17)14-26-23-4-2-3-11-25-23/h2-4,11-13,17-18,20,27H,5-10,14H2,1H3,(H,25,26)/t17-,18+,20-,24-/m0/s1. The van der Waals surface area contributed by atoms with E-state index in [-0.39, 0.29) is 5.41 Å². The predicted molar refractivity (Wildman–Crippen MR) is 109 cm³/mol. The summed E-state index contributed by atoms with van der Waals surface area (Å²) >= 11 is 0. The van der Waals surface area contributed by atoms with Crippen LogP contribution < -0.4 is 5.32 Å². The van der Waals surface area contributed by atoms with Gasteiger partial charge in [-0.2, -0.15) is 0 Å². The van der Waals surface area contributed by atoms with Crippen molar-refractivity contribution in [1.82, 2.24) is 4.98 Å². The fourth-order valence-corrected chi connectivity index (χ4v) is 6.22. The minimum atomic E-state index is -0.0844. The quantitative estimate of drug-likeness (QED) is 0.806. The van der Waals surface area contributed by atoms with E-state index in [1.165, 1.54) is 11.1 Å². The van der Waals surface area contributed by atoms with Crippen molar-refractivity contribution in [1.29, 1.82) is 0 Å². The van der Waals surface area contributed by atoms with Crippen LogP contribution in [0.4, 0.5) is 5.82 Å². The first-order chi connectivity index (χ1) is 13.6. The summed E-state index contributed by atoms with van der Waals surface area (Å²) in [5.41, 5.74) is 3.56. The molecule has 4 atom stereocenters. The average molecular weight is 377 g/mol. The molecule has 0 radical (unpaired) electrons. The Morgan fingerprint density at radius 1 is 1.21 bits per heavy atom. The van der Waals surface area contributed by atoms with Gasteiger partial charge in [-0.1, -0.05) is 13.0 Å². The topological polar surface area (TPSA) is 62.2 Å². The highest BCUT2D eigenvalue weighted by atomic mass is 16.3. The van der Waals surface area contributed by atoms with Gasteiger partial charge in [0.2, 0.25) is 0 Å². The number of aryl methyl sites for hydroxylation is 1. The third-order valence-electron chi connectivity index (χ3n) is 7.76. The molecule has 4 heteroatoms. The van der Waals surface area contributed by atoms with E-state index >= 15 is 0 Å². The second-order valence-electron chi connectivity index (χ2n) is 9.08. The monoisotopic (exact) mass is 376 g/mol. The number of nitrogens with zero attached hydrogens (tertiary/aromatic N) is 1. The molecule has 5 rings (SSSR count). The zero-order chi connectivity index (χ0) is 19.3. The predicted octanol–water partition coefficient (Wildman–Crippen LogP) is 4.82. The van der Waals surface area contributed by atoms with Gasteiger partial charge in [0.15, 0.2) is 0 Å². The first-order valence-corrected chi connectivity index (χ1v) is 10.6. The summed E-state index contributed by atoms with van der Waals surface area (Å²) in [4.78, 5) is 16.8. The summed E-state index contributed by atoms with van der Waals surface area (Å²) in [5.74, 6) is 3.36. The van der Waals surface area contributed by atoms with Crippen molar-refractivity contribution < 1.29 is 9.90 Å². The molecule has 0 aliphatic heterocycles. The number of phenolic OH excluding ortho intramolecular Hbond substituents is 1. The number of nitrogens with one attached hydrogen (secondary N) is 1. The molecule has 2 N–H and O–H groups in total. The lowest BCUT2D eigenvalue weighted by molar-refractivity contribution is -0.129. The van der Waals surface area contributed by atoms with E-state index in [0.717, 1.165) is 49.9 Å². The Morgan fingerprint density at radius 3 is 2.93 bits per heavy atom. The van der Waals surface area contributed by atoms with Crippen LogP contribution in [-0.4, -0.2) is 15.9 Å². The molecular formula is C24H28N2O2. The lowest BCUT2D eigenvalue weighted by Gasteiger charge is -2.48. The molecule has 2 aromatic rings. The van der Waals surface area contributed by atoms with Crippen LogP contribution in [0.2, 0.25) is 0 Å². The number of hydrogen-bond acceptors (Lipinski definition) is 4. The second-order valence-corrected chi connectivity index (χ2v) is 9.08. The first kappa shape index (κ1) is 17.7. The Bertz CT molecular complexity index is 910. The van der Waals surface area contributed by atoms with E-state index in [2.05, 4.69) is 23.3 Å². The van der Waals surface area contributed by atoms with Crippen LogP contribution in [0.1, 0.15) is 61.6 Å². The van der Waals surface area contributed by atoms with E-state index in [1.54, 1.807) is 6.20 Å². The van der Waals surface area contributed by atoms with Gasteiger partial charge in [0, 0.05) is 30.1 Å². The van der Waals surface area contributed by atoms with Gasteiger partial charge < -0.3 is 10.4 Å². The number of fused-ring (bicyclic) bond motifs is 5. The second kappa shape index (κ2) is 6.61. The number of aromatic hydroxyl groups is 1. The van der Waals surface area contributed by atoms with E-state index in [4.69, 9.17) is 0 Å². The SMILES string of the molecule is C[C@]12CC[C@@H]3c4cc(CNc5ccccn5)c(O)cc4CC[C@H]3[C@@H]1CCC2=O. The lowest BCUT2D eigenvalue weighted by Crippen LogP contribution is -2.42. The zero-order valence-electron chi connectivity index (χ0n) is 16.4. The number of anilines is 1. The van der Waals surface area contributed by atoms with Gasteiger partial charge in [-0.25, -0.2) is 4.98 Å². The average Bonchev–Trinajstić information content (AvgIpc) is 3.02. The summed E-state index contributed by atoms with van der Waals surface area (Å²) < 4.78 is 0. The fraction of sp³-hybridized carbons (Fsp3) is 0.500. The summed E-state index contributed by atoms with van der Waals surface area (Å²) in [6.07, 6.45) is 7.87. The molecule has 28 heavy (non-hydrogen) atoms. The molecule has 2 fully saturated rings. The van der Waals surface area contributed by atoms with Crippen molar-refractivity contribution >= 4 is 11.6 Å². The molecule has 0 saturated heterocycles. The van der Waals surface area contributed by atoms with Gasteiger partial charge in [0.25, 0.3) is 0 Å². The van der Waals surface area contributed by atoms with Crippen molar-refractivity contribution in [3.8, 4) is 5.75 Å².